The van der Waals surface area contributed by atoms with Gasteiger partial charge in [0.25, 0.3) is 0 Å². The Balaban J connectivity index is 1.89. The molecule has 4 nitrogen and oxygen atoms in total. The van der Waals surface area contributed by atoms with E-state index in [0.717, 1.165) is 42.0 Å². The molecular weight excluding hydrogens is 288 g/mol. The third-order valence-corrected chi connectivity index (χ3v) is 4.01. The lowest BCUT2D eigenvalue weighted by Gasteiger charge is -2.26. The van der Waals surface area contributed by atoms with E-state index < -0.39 is 0 Å². The topological polar surface area (TPSA) is 46.3 Å². The number of benzene rings is 1. The summed E-state index contributed by atoms with van der Waals surface area (Å²) in [4.78, 5) is 14.0. The Hall–Kier alpha value is -1.81. The highest BCUT2D eigenvalue weighted by molar-refractivity contribution is 6.30. The van der Waals surface area contributed by atoms with Gasteiger partial charge in [-0.1, -0.05) is 23.7 Å². The first-order chi connectivity index (χ1) is 10.2. The number of halogens is 1. The van der Waals surface area contributed by atoms with E-state index in [1.54, 1.807) is 0 Å². The molecule has 1 aromatic heterocycles. The smallest absolute Gasteiger partial charge is 0.222 e. The summed E-state index contributed by atoms with van der Waals surface area (Å²) >= 11 is 5.92. The zero-order valence-corrected chi connectivity index (χ0v) is 12.7. The molecule has 110 valence electrons. The molecule has 5 heteroatoms. The van der Waals surface area contributed by atoms with Gasteiger partial charge in [0.15, 0.2) is 5.76 Å². The molecule has 0 N–H and O–H groups in total. The number of aromatic nitrogens is 1. The van der Waals surface area contributed by atoms with Gasteiger partial charge < -0.3 is 9.42 Å². The van der Waals surface area contributed by atoms with Crippen molar-refractivity contribution in [2.45, 2.75) is 32.7 Å². The van der Waals surface area contributed by atoms with Crippen molar-refractivity contribution >= 4 is 17.5 Å². The Morgan fingerprint density at radius 1 is 1.38 bits per heavy atom. The van der Waals surface area contributed by atoms with Crippen LogP contribution in [0, 0.1) is 0 Å². The van der Waals surface area contributed by atoms with Crippen LogP contribution in [-0.4, -0.2) is 22.5 Å². The number of carbonyl (C=O) groups excluding carboxylic acids is 1. The molecule has 1 amide bonds. The molecule has 0 fully saturated rings. The first-order valence-electron chi connectivity index (χ1n) is 7.20. The zero-order valence-electron chi connectivity index (χ0n) is 11.9. The van der Waals surface area contributed by atoms with Crippen LogP contribution in [0.5, 0.6) is 0 Å². The van der Waals surface area contributed by atoms with Crippen molar-refractivity contribution in [3.63, 3.8) is 0 Å². The Bertz CT molecular complexity index is 649. The molecule has 21 heavy (non-hydrogen) atoms. The summed E-state index contributed by atoms with van der Waals surface area (Å²) in [6.45, 7) is 3.32. The quantitative estimate of drug-likeness (QED) is 0.869. The Kier molecular flexibility index (Phi) is 3.97. The van der Waals surface area contributed by atoms with E-state index >= 15 is 0 Å². The molecule has 2 heterocycles. The van der Waals surface area contributed by atoms with Crippen molar-refractivity contribution in [2.75, 3.05) is 6.54 Å². The molecule has 1 aliphatic heterocycles. The van der Waals surface area contributed by atoms with Gasteiger partial charge >= 0.3 is 0 Å². The first kappa shape index (κ1) is 14.1. The van der Waals surface area contributed by atoms with Gasteiger partial charge in [0.2, 0.25) is 5.91 Å². The van der Waals surface area contributed by atoms with Crippen LogP contribution in [-0.2, 0) is 17.8 Å². The van der Waals surface area contributed by atoms with Crippen LogP contribution < -0.4 is 0 Å². The van der Waals surface area contributed by atoms with E-state index in [4.69, 9.17) is 16.1 Å². The van der Waals surface area contributed by atoms with Crippen LogP contribution in [0.3, 0.4) is 0 Å². The molecule has 0 saturated heterocycles. The summed E-state index contributed by atoms with van der Waals surface area (Å²) in [7, 11) is 0. The number of hydrogen-bond acceptors (Lipinski definition) is 3. The highest BCUT2D eigenvalue weighted by atomic mass is 35.5. The van der Waals surface area contributed by atoms with Gasteiger partial charge in [-0.25, -0.2) is 0 Å². The van der Waals surface area contributed by atoms with Crippen molar-refractivity contribution in [2.24, 2.45) is 0 Å². The molecular formula is C16H17ClN2O2. The predicted molar refractivity (Wildman–Crippen MR) is 81.0 cm³/mol. The lowest BCUT2D eigenvalue weighted by Crippen LogP contribution is -2.35. The molecule has 0 unspecified atom stereocenters. The van der Waals surface area contributed by atoms with Crippen LogP contribution in [0.1, 0.15) is 31.0 Å². The normalized spacial score (nSPS) is 14.1. The summed E-state index contributed by atoms with van der Waals surface area (Å²) in [5.41, 5.74) is 2.92. The van der Waals surface area contributed by atoms with Crippen LogP contribution in [0.15, 0.2) is 28.8 Å². The predicted octanol–water partition coefficient (Wildman–Crippen LogP) is 3.68. The van der Waals surface area contributed by atoms with Crippen molar-refractivity contribution in [3.8, 4) is 11.3 Å². The summed E-state index contributed by atoms with van der Waals surface area (Å²) in [5.74, 6) is 0.946. The third kappa shape index (κ3) is 2.81. The fourth-order valence-electron chi connectivity index (χ4n) is 2.63. The number of fused-ring (bicyclic) bond motifs is 1. The van der Waals surface area contributed by atoms with Crippen molar-refractivity contribution in [1.82, 2.24) is 10.1 Å². The minimum Gasteiger partial charge on any atom is -0.356 e. The van der Waals surface area contributed by atoms with Gasteiger partial charge in [-0.3, -0.25) is 4.79 Å². The summed E-state index contributed by atoms with van der Waals surface area (Å²) in [6, 6.07) is 7.48. The van der Waals surface area contributed by atoms with E-state index in [1.807, 2.05) is 36.1 Å². The van der Waals surface area contributed by atoms with Gasteiger partial charge in [-0.05, 0) is 30.7 Å². The second-order valence-corrected chi connectivity index (χ2v) is 5.70. The van der Waals surface area contributed by atoms with Gasteiger partial charge in [0.05, 0.1) is 12.2 Å². The summed E-state index contributed by atoms with van der Waals surface area (Å²) in [5, 5.41) is 4.84. The fourth-order valence-corrected chi connectivity index (χ4v) is 2.75. The molecule has 0 aliphatic carbocycles. The molecule has 0 atom stereocenters. The van der Waals surface area contributed by atoms with Crippen LogP contribution >= 0.6 is 11.6 Å². The van der Waals surface area contributed by atoms with Gasteiger partial charge in [0, 0.05) is 35.5 Å². The van der Waals surface area contributed by atoms with Gasteiger partial charge in [-0.2, -0.15) is 0 Å². The monoisotopic (exact) mass is 304 g/mol. The fraction of sp³-hybridized carbons (Fsp3) is 0.375. The standard InChI is InChI=1S/C16H17ClN2O2/c1-2-3-15(20)19-9-8-14-13(10-19)16(21-18-14)11-4-6-12(17)7-5-11/h4-7H,2-3,8-10H2,1H3. The lowest BCUT2D eigenvalue weighted by molar-refractivity contribution is -0.132. The van der Waals surface area contributed by atoms with Crippen LogP contribution in [0.25, 0.3) is 11.3 Å². The molecule has 0 radical (unpaired) electrons. The van der Waals surface area contributed by atoms with Gasteiger partial charge in [-0.15, -0.1) is 0 Å². The van der Waals surface area contributed by atoms with E-state index in [1.165, 1.54) is 0 Å². The van der Waals surface area contributed by atoms with Crippen molar-refractivity contribution in [1.29, 1.82) is 0 Å². The maximum absolute atomic E-state index is 12.1. The summed E-state index contributed by atoms with van der Waals surface area (Å²) < 4.78 is 5.50. The average Bonchev–Trinajstić information content (AvgIpc) is 2.91. The zero-order chi connectivity index (χ0) is 14.8. The van der Waals surface area contributed by atoms with Crippen LogP contribution in [0.4, 0.5) is 0 Å². The second kappa shape index (κ2) is 5.90. The molecule has 0 spiro atoms. The maximum atomic E-state index is 12.1. The van der Waals surface area contributed by atoms with Crippen molar-refractivity contribution in [3.05, 3.63) is 40.5 Å². The molecule has 2 aromatic rings. The molecule has 0 bridgehead atoms. The minimum absolute atomic E-state index is 0.200. The summed E-state index contributed by atoms with van der Waals surface area (Å²) in [6.07, 6.45) is 2.22. The maximum Gasteiger partial charge on any atom is 0.222 e. The van der Waals surface area contributed by atoms with E-state index in [9.17, 15) is 4.79 Å². The average molecular weight is 305 g/mol. The first-order valence-corrected chi connectivity index (χ1v) is 7.58. The highest BCUT2D eigenvalue weighted by Crippen LogP contribution is 2.31. The molecule has 1 aromatic carbocycles. The largest absolute Gasteiger partial charge is 0.356 e. The SMILES string of the molecule is CCCC(=O)N1CCc2noc(-c3ccc(Cl)cc3)c2C1. The van der Waals surface area contributed by atoms with Crippen molar-refractivity contribution < 1.29 is 9.32 Å². The highest BCUT2D eigenvalue weighted by Gasteiger charge is 2.26. The number of rotatable bonds is 3. The Morgan fingerprint density at radius 2 is 2.14 bits per heavy atom. The third-order valence-electron chi connectivity index (χ3n) is 3.76. The second-order valence-electron chi connectivity index (χ2n) is 5.26. The van der Waals surface area contributed by atoms with E-state index in [0.29, 0.717) is 18.0 Å². The Labute approximate surface area is 128 Å². The van der Waals surface area contributed by atoms with E-state index in [-0.39, 0.29) is 5.91 Å². The molecule has 0 saturated carbocycles. The molecule has 3 rings (SSSR count). The number of carbonyl (C=O) groups is 1. The lowest BCUT2D eigenvalue weighted by atomic mass is 10.0. The minimum atomic E-state index is 0.200. The number of nitrogens with zero attached hydrogens (tertiary/aromatic N) is 2. The molecule has 1 aliphatic rings. The Morgan fingerprint density at radius 3 is 2.86 bits per heavy atom. The van der Waals surface area contributed by atoms with Crippen LogP contribution in [0.2, 0.25) is 5.02 Å². The number of hydrogen-bond donors (Lipinski definition) is 0. The number of amides is 1. The van der Waals surface area contributed by atoms with Gasteiger partial charge in [0.1, 0.15) is 0 Å². The van der Waals surface area contributed by atoms with E-state index in [2.05, 4.69) is 5.16 Å².